The number of aromatic nitrogens is 2. The van der Waals surface area contributed by atoms with E-state index in [1.54, 1.807) is 48.5 Å². The van der Waals surface area contributed by atoms with Crippen LogP contribution in [0.25, 0.3) is 21.5 Å². The number of nitrogens with zero attached hydrogens (tertiary/aromatic N) is 4. The average molecular weight is 531 g/mol. The predicted molar refractivity (Wildman–Crippen MR) is 150 cm³/mol. The summed E-state index contributed by atoms with van der Waals surface area (Å²) in [5, 5.41) is 14.5. The summed E-state index contributed by atoms with van der Waals surface area (Å²) in [6, 6.07) is 25.0. The van der Waals surface area contributed by atoms with Crippen LogP contribution in [0.1, 0.15) is 38.8 Å². The third kappa shape index (κ3) is 4.07. The number of fused-ring (bicyclic) bond motifs is 2. The molecule has 6 rings (SSSR count). The Kier molecular flexibility index (Phi) is 5.83. The van der Waals surface area contributed by atoms with E-state index in [4.69, 9.17) is 0 Å². The van der Waals surface area contributed by atoms with E-state index >= 15 is 0 Å². The molecule has 1 aliphatic heterocycles. The molecule has 3 heterocycles. The second-order valence-electron chi connectivity index (χ2n) is 8.73. The Morgan fingerprint density at radius 1 is 0.949 bits per heavy atom. The molecule has 0 aliphatic carbocycles. The van der Waals surface area contributed by atoms with Crippen LogP contribution in [0, 0.1) is 11.3 Å². The number of imide groups is 1. The summed E-state index contributed by atoms with van der Waals surface area (Å²) in [5.41, 5.74) is 6.78. The van der Waals surface area contributed by atoms with Crippen molar-refractivity contribution in [2.24, 2.45) is 5.10 Å². The quantitative estimate of drug-likeness (QED) is 0.183. The second kappa shape index (κ2) is 9.48. The average Bonchev–Trinajstić information content (AvgIpc) is 3.49. The molecular weight excluding hydrogens is 512 g/mol. The maximum absolute atomic E-state index is 12.8. The zero-order chi connectivity index (χ0) is 27.1. The van der Waals surface area contributed by atoms with Crippen LogP contribution in [0.4, 0.5) is 10.8 Å². The molecule has 39 heavy (non-hydrogen) atoms. The van der Waals surface area contributed by atoms with Gasteiger partial charge in [-0.3, -0.25) is 19.8 Å². The minimum Gasteiger partial charge on any atom is -0.305 e. The van der Waals surface area contributed by atoms with Gasteiger partial charge in [0.15, 0.2) is 5.65 Å². The topological polar surface area (TPSA) is 131 Å². The first-order chi connectivity index (χ1) is 19.0. The van der Waals surface area contributed by atoms with Gasteiger partial charge in [0, 0.05) is 5.56 Å². The Morgan fingerprint density at radius 2 is 1.59 bits per heavy atom. The molecule has 0 saturated heterocycles. The van der Waals surface area contributed by atoms with E-state index in [9.17, 15) is 19.6 Å². The van der Waals surface area contributed by atoms with Gasteiger partial charge in [0.25, 0.3) is 17.4 Å². The molecule has 0 atom stereocenters. The van der Waals surface area contributed by atoms with Crippen molar-refractivity contribution in [3.8, 4) is 17.2 Å². The lowest BCUT2D eigenvalue weighted by atomic mass is 10.0. The highest BCUT2D eigenvalue weighted by Crippen LogP contribution is 2.35. The largest absolute Gasteiger partial charge is 0.305 e. The molecule has 0 saturated carbocycles. The number of hydrogen-bond acceptors (Lipinski definition) is 8. The number of thiazole rings is 1. The highest BCUT2D eigenvalue weighted by Gasteiger charge is 2.36. The van der Waals surface area contributed by atoms with E-state index in [0.29, 0.717) is 43.6 Å². The zero-order valence-electron chi connectivity index (χ0n) is 20.4. The number of pyridine rings is 1. The van der Waals surface area contributed by atoms with E-state index < -0.39 is 5.56 Å². The van der Waals surface area contributed by atoms with Gasteiger partial charge in [0.05, 0.1) is 27.2 Å². The standard InChI is InChI=1S/C29H18N6O3S/c1-16(17-11-13-19(14-12-17)35-27(37)20-9-5-6-10-21(20)28(35)38)33-34-29-32-25-24(39-29)23(18-7-3-2-4-8-18)22(15-30)26(36)31-25/h2-14H,1H3,(H2,31,32,34,36). The lowest BCUT2D eigenvalue weighted by molar-refractivity contribution is 0.0926. The minimum absolute atomic E-state index is 0.0294. The minimum atomic E-state index is -0.501. The van der Waals surface area contributed by atoms with Gasteiger partial charge < -0.3 is 4.98 Å². The van der Waals surface area contributed by atoms with Crippen molar-refractivity contribution in [2.45, 2.75) is 6.92 Å². The Balaban J connectivity index is 1.27. The van der Waals surface area contributed by atoms with Crippen molar-refractivity contribution in [1.82, 2.24) is 9.97 Å². The summed E-state index contributed by atoms with van der Waals surface area (Å²) in [7, 11) is 0. The molecule has 3 aromatic carbocycles. The fourth-order valence-electron chi connectivity index (χ4n) is 4.48. The lowest BCUT2D eigenvalue weighted by Gasteiger charge is -2.14. The molecule has 2 aromatic heterocycles. The molecule has 5 aromatic rings. The number of hydrogen-bond donors (Lipinski definition) is 2. The van der Waals surface area contributed by atoms with Crippen LogP contribution in [0.15, 0.2) is 88.8 Å². The van der Waals surface area contributed by atoms with Crippen molar-refractivity contribution >= 4 is 50.0 Å². The van der Waals surface area contributed by atoms with Crippen molar-refractivity contribution < 1.29 is 9.59 Å². The molecule has 0 radical (unpaired) electrons. The fraction of sp³-hybridized carbons (Fsp3) is 0.0345. The first-order valence-electron chi connectivity index (χ1n) is 11.9. The van der Waals surface area contributed by atoms with Crippen molar-refractivity contribution in [3.05, 3.63) is 111 Å². The van der Waals surface area contributed by atoms with Gasteiger partial charge >= 0.3 is 0 Å². The number of carbonyl (C=O) groups is 2. The maximum atomic E-state index is 12.8. The number of aromatic amines is 1. The van der Waals surface area contributed by atoms with Gasteiger partial charge in [-0.05, 0) is 42.3 Å². The van der Waals surface area contributed by atoms with Crippen LogP contribution >= 0.6 is 11.3 Å². The molecule has 0 bridgehead atoms. The molecule has 0 unspecified atom stereocenters. The zero-order valence-corrected chi connectivity index (χ0v) is 21.2. The number of nitrogens with one attached hydrogen (secondary N) is 2. The maximum Gasteiger partial charge on any atom is 0.268 e. The second-order valence-corrected chi connectivity index (χ2v) is 9.72. The Morgan fingerprint density at radius 3 is 2.23 bits per heavy atom. The third-order valence-electron chi connectivity index (χ3n) is 6.39. The van der Waals surface area contributed by atoms with E-state index in [1.807, 2.05) is 43.3 Å². The number of nitriles is 1. The van der Waals surface area contributed by atoms with Gasteiger partial charge in [-0.1, -0.05) is 65.9 Å². The number of carbonyl (C=O) groups excluding carboxylic acids is 2. The number of amides is 2. The first kappa shape index (κ1) is 24.0. The first-order valence-corrected chi connectivity index (χ1v) is 12.7. The summed E-state index contributed by atoms with van der Waals surface area (Å²) in [6.45, 7) is 1.81. The van der Waals surface area contributed by atoms with E-state index in [2.05, 4.69) is 20.5 Å². The summed E-state index contributed by atoms with van der Waals surface area (Å²) in [5.74, 6) is -0.697. The summed E-state index contributed by atoms with van der Waals surface area (Å²) < 4.78 is 0.665. The van der Waals surface area contributed by atoms with Gasteiger partial charge in [-0.25, -0.2) is 9.88 Å². The van der Waals surface area contributed by atoms with E-state index in [0.717, 1.165) is 11.1 Å². The monoisotopic (exact) mass is 530 g/mol. The number of anilines is 2. The molecule has 10 heteroatoms. The summed E-state index contributed by atoms with van der Waals surface area (Å²) >= 11 is 1.28. The van der Waals surface area contributed by atoms with Gasteiger partial charge in [0.2, 0.25) is 5.13 Å². The van der Waals surface area contributed by atoms with Crippen molar-refractivity contribution in [3.63, 3.8) is 0 Å². The van der Waals surface area contributed by atoms with Gasteiger partial charge in [-0.15, -0.1) is 0 Å². The smallest absolute Gasteiger partial charge is 0.268 e. The van der Waals surface area contributed by atoms with E-state index in [-0.39, 0.29) is 17.4 Å². The molecule has 0 fully saturated rings. The molecule has 9 nitrogen and oxygen atoms in total. The van der Waals surface area contributed by atoms with Crippen LogP contribution < -0.4 is 15.9 Å². The number of hydrazone groups is 1. The van der Waals surface area contributed by atoms with Crippen LogP contribution in [-0.4, -0.2) is 27.5 Å². The van der Waals surface area contributed by atoms with Gasteiger partial charge in [-0.2, -0.15) is 10.4 Å². The SMILES string of the molecule is CC(=NNc1nc2[nH]c(=O)c(C#N)c(-c3ccccc3)c2s1)c1ccc(N2C(=O)c3ccccc3C2=O)cc1. The lowest BCUT2D eigenvalue weighted by Crippen LogP contribution is -2.29. The molecule has 2 N–H and O–H groups in total. The summed E-state index contributed by atoms with van der Waals surface area (Å²) in [6.07, 6.45) is 0. The molecule has 0 spiro atoms. The summed E-state index contributed by atoms with van der Waals surface area (Å²) in [4.78, 5) is 46.4. The van der Waals surface area contributed by atoms with Gasteiger partial charge in [0.1, 0.15) is 11.6 Å². The Labute approximate surface area is 225 Å². The van der Waals surface area contributed by atoms with E-state index in [1.165, 1.54) is 16.2 Å². The molecule has 188 valence electrons. The van der Waals surface area contributed by atoms with Crippen LogP contribution in [0.5, 0.6) is 0 Å². The Bertz CT molecular complexity index is 1880. The number of rotatable bonds is 5. The number of H-pyrrole nitrogens is 1. The van der Waals surface area contributed by atoms with Crippen LogP contribution in [0.3, 0.4) is 0 Å². The predicted octanol–water partition coefficient (Wildman–Crippen LogP) is 5.16. The normalized spacial score (nSPS) is 13.0. The highest BCUT2D eigenvalue weighted by atomic mass is 32.1. The molecule has 2 amide bonds. The van der Waals surface area contributed by atoms with Crippen LogP contribution in [-0.2, 0) is 0 Å². The molecular formula is C29H18N6O3S. The molecule has 1 aliphatic rings. The number of benzene rings is 3. The Hall–Kier alpha value is -5.40. The van der Waals surface area contributed by atoms with Crippen molar-refractivity contribution in [1.29, 1.82) is 5.26 Å². The third-order valence-corrected chi connectivity index (χ3v) is 7.37. The highest BCUT2D eigenvalue weighted by molar-refractivity contribution is 7.22. The van der Waals surface area contributed by atoms with Crippen molar-refractivity contribution in [2.75, 3.05) is 10.3 Å². The fourth-order valence-corrected chi connectivity index (χ4v) is 5.41. The van der Waals surface area contributed by atoms with Crippen LogP contribution in [0.2, 0.25) is 0 Å².